The van der Waals surface area contributed by atoms with Gasteiger partial charge in [-0.25, -0.2) is 14.6 Å². The molecule has 0 N–H and O–H groups in total. The average molecular weight is 391 g/mol. The second-order valence-electron chi connectivity index (χ2n) is 6.80. The lowest BCUT2D eigenvalue weighted by Crippen LogP contribution is -2.45. The monoisotopic (exact) mass is 390 g/mol. The molecule has 1 aromatic carbocycles. The largest absolute Gasteiger partial charge is 0.366 e. The maximum atomic E-state index is 12.7. The van der Waals surface area contributed by atoms with E-state index in [-0.39, 0.29) is 11.2 Å². The van der Waals surface area contributed by atoms with Crippen molar-refractivity contribution in [2.45, 2.75) is 27.2 Å². The molecular weight excluding hydrogens is 372 g/mol. The maximum absolute atomic E-state index is 12.7. The molecule has 0 amide bonds. The molecule has 0 aliphatic heterocycles. The van der Waals surface area contributed by atoms with E-state index < -0.39 is 22.6 Å². The minimum atomic E-state index is -0.800. The van der Waals surface area contributed by atoms with E-state index in [1.54, 1.807) is 38.1 Å². The third-order valence-corrected chi connectivity index (χ3v) is 4.95. The minimum Gasteiger partial charge on any atom is -0.329 e. The van der Waals surface area contributed by atoms with Crippen LogP contribution < -0.4 is 16.1 Å². The van der Waals surface area contributed by atoms with Gasteiger partial charge in [-0.2, -0.15) is 0 Å². The predicted molar refractivity (Wildman–Crippen MR) is 101 cm³/mol. The fourth-order valence-electron chi connectivity index (χ4n) is 2.42. The van der Waals surface area contributed by atoms with Crippen LogP contribution in [-0.2, 0) is 11.8 Å². The van der Waals surface area contributed by atoms with Crippen molar-refractivity contribution >= 4 is 28.7 Å². The zero-order valence-corrected chi connectivity index (χ0v) is 16.1. The summed E-state index contributed by atoms with van der Waals surface area (Å²) in [5, 5.41) is 0.403. The molecular formula is C18H19ClN4O4. The highest BCUT2D eigenvalue weighted by Crippen LogP contribution is 2.23. The molecule has 0 bridgehead atoms. The predicted octanol–water partition coefficient (Wildman–Crippen LogP) is 1.93. The number of carbonyl (C=O) groups excluding carboxylic acids is 1. The minimum absolute atomic E-state index is 0.0525. The van der Waals surface area contributed by atoms with Crippen molar-refractivity contribution < 1.29 is 9.63 Å². The number of para-hydroxylation sites is 1. The second-order valence-corrected chi connectivity index (χ2v) is 7.20. The zero-order valence-electron chi connectivity index (χ0n) is 15.4. The molecule has 0 radical (unpaired) electrons. The van der Waals surface area contributed by atoms with E-state index in [1.807, 2.05) is 6.92 Å². The summed E-state index contributed by atoms with van der Waals surface area (Å²) in [6.45, 7) is 5.26. The van der Waals surface area contributed by atoms with Gasteiger partial charge < -0.3 is 4.84 Å². The molecule has 0 spiro atoms. The molecule has 2 aromatic heterocycles. The Hall–Kier alpha value is -2.87. The molecule has 0 fully saturated rings. The Morgan fingerprint density at radius 1 is 1.26 bits per heavy atom. The van der Waals surface area contributed by atoms with Gasteiger partial charge in [0, 0.05) is 7.05 Å². The SMILES string of the molecule is CCC(C)(C)C(=O)On1c(=O)n(C)c(=O)c2c1ncn2-c1ccccc1Cl. The number of hydrogen-bond acceptors (Lipinski definition) is 5. The summed E-state index contributed by atoms with van der Waals surface area (Å²) in [7, 11) is 1.31. The lowest BCUT2D eigenvalue weighted by atomic mass is 9.91. The van der Waals surface area contributed by atoms with Crippen LogP contribution in [0.3, 0.4) is 0 Å². The molecule has 3 rings (SSSR count). The summed E-state index contributed by atoms with van der Waals surface area (Å²) in [4.78, 5) is 47.2. The van der Waals surface area contributed by atoms with Gasteiger partial charge >= 0.3 is 11.7 Å². The van der Waals surface area contributed by atoms with E-state index in [4.69, 9.17) is 16.4 Å². The summed E-state index contributed by atoms with van der Waals surface area (Å²) < 4.78 is 3.09. The number of hydrogen-bond donors (Lipinski definition) is 0. The Balaban J connectivity index is 2.29. The van der Waals surface area contributed by atoms with Gasteiger partial charge in [-0.05, 0) is 32.4 Å². The van der Waals surface area contributed by atoms with E-state index in [1.165, 1.54) is 17.9 Å². The van der Waals surface area contributed by atoms with Gasteiger partial charge in [-0.1, -0.05) is 35.4 Å². The van der Waals surface area contributed by atoms with Gasteiger partial charge in [0.2, 0.25) is 5.65 Å². The summed E-state index contributed by atoms with van der Waals surface area (Å²) in [5.41, 5.74) is -1.63. The van der Waals surface area contributed by atoms with Gasteiger partial charge in [0.15, 0.2) is 5.52 Å². The number of aromatic nitrogens is 4. The van der Waals surface area contributed by atoms with Crippen molar-refractivity contribution in [2.24, 2.45) is 12.5 Å². The molecule has 0 unspecified atom stereocenters. The molecule has 3 aromatic rings. The maximum Gasteiger partial charge on any atom is 0.366 e. The van der Waals surface area contributed by atoms with Crippen LogP contribution in [-0.4, -0.2) is 24.8 Å². The Bertz CT molecular complexity index is 1160. The Morgan fingerprint density at radius 2 is 1.93 bits per heavy atom. The molecule has 27 heavy (non-hydrogen) atoms. The number of fused-ring (bicyclic) bond motifs is 1. The molecule has 0 atom stereocenters. The van der Waals surface area contributed by atoms with E-state index >= 15 is 0 Å². The first-order valence-electron chi connectivity index (χ1n) is 8.35. The highest BCUT2D eigenvalue weighted by molar-refractivity contribution is 6.32. The molecule has 0 saturated heterocycles. The number of carbonyl (C=O) groups is 1. The Labute approximate surface area is 159 Å². The first kappa shape index (κ1) is 18.9. The number of halogens is 1. The van der Waals surface area contributed by atoms with Gasteiger partial charge in [0.25, 0.3) is 5.56 Å². The Kier molecular flexibility index (Phi) is 4.69. The smallest absolute Gasteiger partial charge is 0.329 e. The van der Waals surface area contributed by atoms with Crippen molar-refractivity contribution in [2.75, 3.05) is 0 Å². The average Bonchev–Trinajstić information content (AvgIpc) is 3.08. The molecule has 142 valence electrons. The van der Waals surface area contributed by atoms with Gasteiger partial charge in [-0.15, -0.1) is 0 Å². The number of imidazole rings is 1. The van der Waals surface area contributed by atoms with Crippen molar-refractivity contribution in [3.63, 3.8) is 0 Å². The quantitative estimate of drug-likeness (QED) is 0.679. The van der Waals surface area contributed by atoms with E-state index in [0.29, 0.717) is 17.1 Å². The number of benzene rings is 1. The van der Waals surface area contributed by atoms with Crippen molar-refractivity contribution in [3.05, 3.63) is 56.5 Å². The van der Waals surface area contributed by atoms with Crippen LogP contribution in [0.25, 0.3) is 16.9 Å². The van der Waals surface area contributed by atoms with Crippen LogP contribution in [0.15, 0.2) is 40.2 Å². The van der Waals surface area contributed by atoms with Crippen molar-refractivity contribution in [1.82, 2.24) is 18.8 Å². The van der Waals surface area contributed by atoms with Crippen LogP contribution in [0.4, 0.5) is 0 Å². The van der Waals surface area contributed by atoms with Gasteiger partial charge in [0.05, 0.1) is 16.1 Å². The van der Waals surface area contributed by atoms with Crippen molar-refractivity contribution in [1.29, 1.82) is 0 Å². The van der Waals surface area contributed by atoms with E-state index in [9.17, 15) is 14.4 Å². The van der Waals surface area contributed by atoms with Crippen LogP contribution in [0.1, 0.15) is 27.2 Å². The third-order valence-electron chi connectivity index (χ3n) is 4.63. The fourth-order valence-corrected chi connectivity index (χ4v) is 2.65. The summed E-state index contributed by atoms with van der Waals surface area (Å²) >= 11 is 6.23. The molecule has 2 heterocycles. The second kappa shape index (κ2) is 6.70. The first-order valence-corrected chi connectivity index (χ1v) is 8.73. The van der Waals surface area contributed by atoms with Gasteiger partial charge in [-0.3, -0.25) is 13.9 Å². The van der Waals surface area contributed by atoms with Crippen LogP contribution >= 0.6 is 11.6 Å². The number of nitrogens with zero attached hydrogens (tertiary/aromatic N) is 4. The molecule has 0 saturated carbocycles. The highest BCUT2D eigenvalue weighted by atomic mass is 35.5. The van der Waals surface area contributed by atoms with Gasteiger partial charge in [0.1, 0.15) is 6.33 Å². The van der Waals surface area contributed by atoms with Crippen LogP contribution in [0, 0.1) is 5.41 Å². The third kappa shape index (κ3) is 3.06. The highest BCUT2D eigenvalue weighted by Gasteiger charge is 2.30. The first-order chi connectivity index (χ1) is 12.7. The summed E-state index contributed by atoms with van der Waals surface area (Å²) in [5.74, 6) is -0.598. The summed E-state index contributed by atoms with van der Waals surface area (Å²) in [6.07, 6.45) is 1.88. The Morgan fingerprint density at radius 3 is 2.56 bits per heavy atom. The summed E-state index contributed by atoms with van der Waals surface area (Å²) in [6, 6.07) is 6.91. The van der Waals surface area contributed by atoms with Crippen LogP contribution in [0.2, 0.25) is 5.02 Å². The van der Waals surface area contributed by atoms with E-state index in [2.05, 4.69) is 4.98 Å². The van der Waals surface area contributed by atoms with Crippen LogP contribution in [0.5, 0.6) is 0 Å². The normalized spacial score (nSPS) is 11.7. The van der Waals surface area contributed by atoms with Crippen molar-refractivity contribution in [3.8, 4) is 5.69 Å². The lowest BCUT2D eigenvalue weighted by Gasteiger charge is -2.20. The number of rotatable bonds is 4. The molecule has 9 heteroatoms. The lowest BCUT2D eigenvalue weighted by molar-refractivity contribution is -0.154. The standard InChI is InChI=1S/C18H19ClN4O4/c1-5-18(2,3)16(25)27-23-14-13(15(24)21(4)17(23)26)22(10-20-14)12-9-7-6-8-11(12)19/h6-10H,5H2,1-4H3. The topological polar surface area (TPSA) is 88.1 Å². The molecule has 8 nitrogen and oxygen atoms in total. The molecule has 0 aliphatic carbocycles. The zero-order chi connectivity index (χ0) is 19.9. The van der Waals surface area contributed by atoms with E-state index in [0.717, 1.165) is 9.30 Å². The fraction of sp³-hybridized carbons (Fsp3) is 0.333. The molecule has 0 aliphatic rings.